The SMILES string of the molecule is CC/C=C\C/C=C\C/C=C\CCCCCCCC(=O)O[C@H](COC(=O)CCCCCCC/C=C\C/C=C\CCCC)COC(=O)CCCCCCCCC/C=C\C/C=C\CCCCC. The Kier molecular flexibility index (Phi) is 49.4. The van der Waals surface area contributed by atoms with Crippen molar-refractivity contribution in [3.8, 4) is 0 Å². The predicted molar refractivity (Wildman–Crippen MR) is 274 cm³/mol. The summed E-state index contributed by atoms with van der Waals surface area (Å²) in [6, 6.07) is 0. The number of hydrogen-bond donors (Lipinski definition) is 0. The molecule has 0 saturated heterocycles. The van der Waals surface area contributed by atoms with E-state index in [-0.39, 0.29) is 31.1 Å². The van der Waals surface area contributed by atoms with Crippen LogP contribution in [0.1, 0.15) is 245 Å². The van der Waals surface area contributed by atoms with Crippen LogP contribution in [0, 0.1) is 0 Å². The van der Waals surface area contributed by atoms with E-state index in [0.29, 0.717) is 19.3 Å². The van der Waals surface area contributed by atoms with Crippen molar-refractivity contribution >= 4 is 17.9 Å². The van der Waals surface area contributed by atoms with Crippen LogP contribution in [0.4, 0.5) is 0 Å². The van der Waals surface area contributed by atoms with Crippen LogP contribution >= 0.6 is 0 Å². The maximum absolute atomic E-state index is 12.8. The zero-order valence-corrected chi connectivity index (χ0v) is 41.8. The van der Waals surface area contributed by atoms with Gasteiger partial charge in [-0.25, -0.2) is 0 Å². The van der Waals surface area contributed by atoms with Gasteiger partial charge in [0.05, 0.1) is 0 Å². The highest BCUT2D eigenvalue weighted by molar-refractivity contribution is 5.71. The molecule has 0 unspecified atom stereocenters. The summed E-state index contributed by atoms with van der Waals surface area (Å²) in [6.07, 6.45) is 67.0. The lowest BCUT2D eigenvalue weighted by Gasteiger charge is -2.18. The molecule has 0 rings (SSSR count). The molecule has 0 amide bonds. The highest BCUT2D eigenvalue weighted by atomic mass is 16.6. The van der Waals surface area contributed by atoms with Crippen LogP contribution in [0.5, 0.6) is 0 Å². The molecular weight excluding hydrogens is 793 g/mol. The van der Waals surface area contributed by atoms with Crippen molar-refractivity contribution in [2.24, 2.45) is 0 Å². The molecule has 0 aromatic rings. The molecule has 0 bridgehead atoms. The first-order valence-electron chi connectivity index (χ1n) is 26.6. The second kappa shape index (κ2) is 52.2. The molecule has 0 radical (unpaired) electrons. The Morgan fingerprint density at radius 2 is 0.625 bits per heavy atom. The van der Waals surface area contributed by atoms with Gasteiger partial charge in [0.25, 0.3) is 0 Å². The van der Waals surface area contributed by atoms with Crippen LogP contribution in [0.3, 0.4) is 0 Å². The molecule has 0 saturated carbocycles. The maximum atomic E-state index is 12.8. The Bertz CT molecular complexity index is 1250. The van der Waals surface area contributed by atoms with Crippen molar-refractivity contribution in [1.29, 1.82) is 0 Å². The van der Waals surface area contributed by atoms with Crippen LogP contribution in [-0.4, -0.2) is 37.2 Å². The summed E-state index contributed by atoms with van der Waals surface area (Å²) in [5.74, 6) is -0.931. The minimum absolute atomic E-state index is 0.0929. The third kappa shape index (κ3) is 49.6. The molecule has 0 heterocycles. The van der Waals surface area contributed by atoms with E-state index < -0.39 is 6.10 Å². The van der Waals surface area contributed by atoms with E-state index in [1.54, 1.807) is 0 Å². The summed E-state index contributed by atoms with van der Waals surface area (Å²) in [7, 11) is 0. The van der Waals surface area contributed by atoms with E-state index in [1.165, 1.54) is 70.6 Å². The van der Waals surface area contributed by atoms with Gasteiger partial charge in [0.1, 0.15) is 13.2 Å². The number of carbonyl (C=O) groups excluding carboxylic acids is 3. The van der Waals surface area contributed by atoms with E-state index in [1.807, 2.05) is 0 Å². The van der Waals surface area contributed by atoms with Gasteiger partial charge >= 0.3 is 17.9 Å². The Morgan fingerprint density at radius 3 is 1.00 bits per heavy atom. The fourth-order valence-corrected chi connectivity index (χ4v) is 7.09. The monoisotopic (exact) mass is 891 g/mol. The summed E-state index contributed by atoms with van der Waals surface area (Å²) in [5.41, 5.74) is 0. The minimum atomic E-state index is -0.795. The fourth-order valence-electron chi connectivity index (χ4n) is 7.09. The highest BCUT2D eigenvalue weighted by Gasteiger charge is 2.19. The molecule has 64 heavy (non-hydrogen) atoms. The molecule has 0 N–H and O–H groups in total. The number of hydrogen-bond acceptors (Lipinski definition) is 6. The average molecular weight is 891 g/mol. The molecule has 366 valence electrons. The van der Waals surface area contributed by atoms with Crippen molar-refractivity contribution in [2.45, 2.75) is 252 Å². The zero-order chi connectivity index (χ0) is 46.5. The summed E-state index contributed by atoms with van der Waals surface area (Å²) in [4.78, 5) is 38.0. The molecule has 0 aromatic carbocycles. The zero-order valence-electron chi connectivity index (χ0n) is 41.8. The molecule has 0 aliphatic carbocycles. The first-order valence-corrected chi connectivity index (χ1v) is 26.6. The first kappa shape index (κ1) is 60.6. The van der Waals surface area contributed by atoms with E-state index in [9.17, 15) is 14.4 Å². The lowest BCUT2D eigenvalue weighted by Crippen LogP contribution is -2.30. The Morgan fingerprint density at radius 1 is 0.328 bits per heavy atom. The van der Waals surface area contributed by atoms with E-state index in [0.717, 1.165) is 135 Å². The first-order chi connectivity index (χ1) is 31.5. The third-order valence-electron chi connectivity index (χ3n) is 11.1. The van der Waals surface area contributed by atoms with Gasteiger partial charge in [-0.15, -0.1) is 0 Å². The molecule has 0 aromatic heterocycles. The lowest BCUT2D eigenvalue weighted by molar-refractivity contribution is -0.167. The molecular formula is C58H98O6. The summed E-state index contributed by atoms with van der Waals surface area (Å²) in [6.45, 7) is 6.43. The van der Waals surface area contributed by atoms with Crippen LogP contribution in [0.15, 0.2) is 85.1 Å². The Hall–Kier alpha value is -3.41. The fraction of sp³-hybridized carbons (Fsp3) is 0.707. The van der Waals surface area contributed by atoms with Crippen molar-refractivity contribution in [3.63, 3.8) is 0 Å². The predicted octanol–water partition coefficient (Wildman–Crippen LogP) is 17.6. The van der Waals surface area contributed by atoms with Gasteiger partial charge in [0.2, 0.25) is 0 Å². The van der Waals surface area contributed by atoms with Gasteiger partial charge in [-0.05, 0) is 109 Å². The van der Waals surface area contributed by atoms with E-state index in [2.05, 4.69) is 106 Å². The molecule has 1 atom stereocenters. The van der Waals surface area contributed by atoms with Crippen molar-refractivity contribution in [2.75, 3.05) is 13.2 Å². The Balaban J connectivity index is 4.44. The third-order valence-corrected chi connectivity index (χ3v) is 11.1. The standard InChI is InChI=1S/C58H98O6/c1-4-7-10-13-16-19-22-25-28-29-31-33-36-39-42-45-48-51-57(60)63-54-55(53-62-56(59)50-47-44-41-38-35-32-27-24-21-18-15-12-9-6-3)64-58(61)52-49-46-43-40-37-34-30-26-23-20-17-14-11-8-5-2/h8,11,15-20,24-28,30,55H,4-7,9-10,12-14,21-23,29,31-54H2,1-3H3/b11-8-,18-15-,19-16-,20-17-,27-24-,28-25-,30-26-/t55-/m1/s1. The van der Waals surface area contributed by atoms with Gasteiger partial charge in [-0.1, -0.05) is 202 Å². The summed E-state index contributed by atoms with van der Waals surface area (Å²) < 4.78 is 16.8. The topological polar surface area (TPSA) is 78.9 Å². The number of carbonyl (C=O) groups is 3. The quantitative estimate of drug-likeness (QED) is 0.0262. The second-order valence-corrected chi connectivity index (χ2v) is 17.4. The number of allylic oxidation sites excluding steroid dienone is 14. The number of esters is 3. The van der Waals surface area contributed by atoms with Gasteiger partial charge in [-0.3, -0.25) is 14.4 Å². The van der Waals surface area contributed by atoms with E-state index in [4.69, 9.17) is 14.2 Å². The van der Waals surface area contributed by atoms with Crippen LogP contribution in [-0.2, 0) is 28.6 Å². The summed E-state index contributed by atoms with van der Waals surface area (Å²) >= 11 is 0. The lowest BCUT2D eigenvalue weighted by atomic mass is 10.1. The maximum Gasteiger partial charge on any atom is 0.306 e. The molecule has 0 fully saturated rings. The van der Waals surface area contributed by atoms with Crippen molar-refractivity contribution < 1.29 is 28.6 Å². The van der Waals surface area contributed by atoms with Crippen molar-refractivity contribution in [1.82, 2.24) is 0 Å². The smallest absolute Gasteiger partial charge is 0.306 e. The van der Waals surface area contributed by atoms with Gasteiger partial charge in [0.15, 0.2) is 6.10 Å². The largest absolute Gasteiger partial charge is 0.462 e. The highest BCUT2D eigenvalue weighted by Crippen LogP contribution is 2.14. The summed E-state index contributed by atoms with van der Waals surface area (Å²) in [5, 5.41) is 0. The molecule has 6 nitrogen and oxygen atoms in total. The van der Waals surface area contributed by atoms with E-state index >= 15 is 0 Å². The average Bonchev–Trinajstić information content (AvgIpc) is 3.29. The molecule has 0 spiro atoms. The van der Waals surface area contributed by atoms with Crippen LogP contribution in [0.2, 0.25) is 0 Å². The van der Waals surface area contributed by atoms with Crippen LogP contribution in [0.25, 0.3) is 0 Å². The second-order valence-electron chi connectivity index (χ2n) is 17.4. The Labute approximate surface area is 395 Å². The van der Waals surface area contributed by atoms with Gasteiger partial charge in [0, 0.05) is 19.3 Å². The molecule has 0 aliphatic heterocycles. The van der Waals surface area contributed by atoms with Crippen LogP contribution < -0.4 is 0 Å². The molecule has 0 aliphatic rings. The minimum Gasteiger partial charge on any atom is -0.462 e. The number of rotatable bonds is 47. The van der Waals surface area contributed by atoms with Gasteiger partial charge in [-0.2, -0.15) is 0 Å². The number of unbranched alkanes of at least 4 members (excludes halogenated alkanes) is 22. The normalized spacial score (nSPS) is 12.7. The van der Waals surface area contributed by atoms with Gasteiger partial charge < -0.3 is 14.2 Å². The molecule has 6 heteroatoms. The number of ether oxygens (including phenoxy) is 3. The van der Waals surface area contributed by atoms with Crippen molar-refractivity contribution in [3.05, 3.63) is 85.1 Å².